The summed E-state index contributed by atoms with van der Waals surface area (Å²) in [6.07, 6.45) is 1.93. The van der Waals surface area contributed by atoms with E-state index in [1.165, 1.54) is 13.0 Å². The molecule has 2 aliphatic heterocycles. The number of hydrogen-bond acceptors (Lipinski definition) is 4. The molecule has 100 valence electrons. The van der Waals surface area contributed by atoms with Gasteiger partial charge >= 0.3 is 0 Å². The van der Waals surface area contributed by atoms with Crippen molar-refractivity contribution in [3.8, 4) is 0 Å². The minimum Gasteiger partial charge on any atom is -0.380 e. The van der Waals surface area contributed by atoms with Crippen LogP contribution in [-0.4, -0.2) is 63.0 Å². The van der Waals surface area contributed by atoms with Crippen molar-refractivity contribution in [3.05, 3.63) is 0 Å². The first kappa shape index (κ1) is 13.3. The molecular formula is C13H26N2O2. The van der Waals surface area contributed by atoms with Gasteiger partial charge in [-0.1, -0.05) is 6.92 Å². The molecule has 0 aromatic rings. The highest BCUT2D eigenvalue weighted by molar-refractivity contribution is 4.86. The first-order valence-corrected chi connectivity index (χ1v) is 6.81. The largest absolute Gasteiger partial charge is 0.380 e. The molecule has 4 heteroatoms. The first-order valence-electron chi connectivity index (χ1n) is 6.81. The number of likely N-dealkylation sites (tertiary alicyclic amines) is 1. The fraction of sp³-hybridized carbons (Fsp3) is 1.00. The second-order valence-electron chi connectivity index (χ2n) is 5.39. The Morgan fingerprint density at radius 2 is 2.29 bits per heavy atom. The zero-order chi connectivity index (χ0) is 12.3. The molecule has 2 rings (SSSR count). The molecule has 0 saturated carbocycles. The van der Waals surface area contributed by atoms with Crippen LogP contribution in [0, 0.1) is 5.92 Å². The van der Waals surface area contributed by atoms with Gasteiger partial charge < -0.3 is 14.8 Å². The van der Waals surface area contributed by atoms with Crippen LogP contribution in [0.2, 0.25) is 0 Å². The van der Waals surface area contributed by atoms with E-state index in [0.29, 0.717) is 24.2 Å². The van der Waals surface area contributed by atoms with Crippen LogP contribution in [0.5, 0.6) is 0 Å². The van der Waals surface area contributed by atoms with Crippen molar-refractivity contribution in [1.29, 1.82) is 0 Å². The van der Waals surface area contributed by atoms with Gasteiger partial charge in [0.05, 0.1) is 18.8 Å². The minimum absolute atomic E-state index is 0.328. The Morgan fingerprint density at radius 3 is 2.94 bits per heavy atom. The van der Waals surface area contributed by atoms with Gasteiger partial charge in [-0.05, 0) is 25.8 Å². The van der Waals surface area contributed by atoms with Crippen LogP contribution in [0.4, 0.5) is 0 Å². The summed E-state index contributed by atoms with van der Waals surface area (Å²) in [5, 5.41) is 3.41. The predicted octanol–water partition coefficient (Wildman–Crippen LogP) is 0.720. The molecule has 0 amide bonds. The molecule has 2 heterocycles. The summed E-state index contributed by atoms with van der Waals surface area (Å²) >= 11 is 0. The molecule has 0 bridgehead atoms. The zero-order valence-electron chi connectivity index (χ0n) is 11.3. The second kappa shape index (κ2) is 6.14. The Labute approximate surface area is 105 Å². The highest BCUT2D eigenvalue weighted by atomic mass is 16.5. The molecule has 1 N–H and O–H groups in total. The van der Waals surface area contributed by atoms with Crippen LogP contribution in [-0.2, 0) is 9.47 Å². The molecule has 2 fully saturated rings. The monoisotopic (exact) mass is 242 g/mol. The molecule has 4 atom stereocenters. The van der Waals surface area contributed by atoms with Gasteiger partial charge in [0, 0.05) is 32.8 Å². The summed E-state index contributed by atoms with van der Waals surface area (Å²) < 4.78 is 11.4. The van der Waals surface area contributed by atoms with Crippen LogP contribution in [0.25, 0.3) is 0 Å². The summed E-state index contributed by atoms with van der Waals surface area (Å²) in [6, 6.07) is 0.480. The highest BCUT2D eigenvalue weighted by Crippen LogP contribution is 2.22. The Hall–Kier alpha value is -0.160. The molecule has 4 unspecified atom stereocenters. The van der Waals surface area contributed by atoms with E-state index in [4.69, 9.17) is 9.47 Å². The van der Waals surface area contributed by atoms with Crippen molar-refractivity contribution in [1.82, 2.24) is 10.2 Å². The third-order valence-electron chi connectivity index (χ3n) is 4.29. The summed E-state index contributed by atoms with van der Waals surface area (Å²) in [6.45, 7) is 9.58. The average Bonchev–Trinajstić information content (AvgIpc) is 2.39. The van der Waals surface area contributed by atoms with Gasteiger partial charge in [-0.25, -0.2) is 0 Å². The maximum atomic E-state index is 5.84. The Kier molecular flexibility index (Phi) is 4.79. The maximum Gasteiger partial charge on any atom is 0.0852 e. The van der Waals surface area contributed by atoms with Crippen molar-refractivity contribution in [2.24, 2.45) is 5.92 Å². The quantitative estimate of drug-likeness (QED) is 0.791. The van der Waals surface area contributed by atoms with Crippen molar-refractivity contribution >= 4 is 0 Å². The van der Waals surface area contributed by atoms with Gasteiger partial charge in [-0.15, -0.1) is 0 Å². The van der Waals surface area contributed by atoms with Crippen LogP contribution in [0.15, 0.2) is 0 Å². The van der Waals surface area contributed by atoms with Crippen molar-refractivity contribution in [3.63, 3.8) is 0 Å². The first-order chi connectivity index (χ1) is 8.22. The molecule has 0 radical (unpaired) electrons. The smallest absolute Gasteiger partial charge is 0.0852 e. The molecule has 2 aliphatic rings. The van der Waals surface area contributed by atoms with E-state index in [9.17, 15) is 0 Å². The summed E-state index contributed by atoms with van der Waals surface area (Å²) in [5.74, 6) is 0.675. The van der Waals surface area contributed by atoms with E-state index >= 15 is 0 Å². The van der Waals surface area contributed by atoms with Gasteiger partial charge in [0.25, 0.3) is 0 Å². The van der Waals surface area contributed by atoms with Gasteiger partial charge in [-0.3, -0.25) is 4.90 Å². The zero-order valence-corrected chi connectivity index (χ0v) is 11.3. The van der Waals surface area contributed by atoms with Gasteiger partial charge in [0.15, 0.2) is 0 Å². The number of rotatable bonds is 3. The molecule has 4 nitrogen and oxygen atoms in total. The average molecular weight is 242 g/mol. The molecule has 0 aliphatic carbocycles. The molecule has 0 aromatic carbocycles. The number of piperidine rings is 1. The number of methoxy groups -OCH3 is 1. The van der Waals surface area contributed by atoms with Crippen LogP contribution in [0.1, 0.15) is 20.3 Å². The van der Waals surface area contributed by atoms with Crippen LogP contribution < -0.4 is 5.32 Å². The lowest BCUT2D eigenvalue weighted by Gasteiger charge is -2.42. The van der Waals surface area contributed by atoms with Gasteiger partial charge in [0.2, 0.25) is 0 Å². The third-order valence-corrected chi connectivity index (χ3v) is 4.29. The molecule has 17 heavy (non-hydrogen) atoms. The number of nitrogens with one attached hydrogen (secondary N) is 1. The summed E-state index contributed by atoms with van der Waals surface area (Å²) in [4.78, 5) is 2.52. The Morgan fingerprint density at radius 1 is 1.47 bits per heavy atom. The number of hydrogen-bond donors (Lipinski definition) is 1. The normalized spacial score (nSPS) is 37.9. The number of nitrogens with zero attached hydrogens (tertiary/aromatic N) is 1. The summed E-state index contributed by atoms with van der Waals surface area (Å²) in [5.41, 5.74) is 0. The molecule has 0 spiro atoms. The van der Waals surface area contributed by atoms with E-state index in [-0.39, 0.29) is 0 Å². The standard InChI is InChI=1S/C13H26N2O2/c1-10-4-6-15(9-13(10)16-3)11(2)12-8-14-5-7-17-12/h10-14H,4-9H2,1-3H3. The van der Waals surface area contributed by atoms with E-state index in [1.54, 1.807) is 0 Å². The fourth-order valence-electron chi connectivity index (χ4n) is 2.87. The van der Waals surface area contributed by atoms with Crippen LogP contribution in [0.3, 0.4) is 0 Å². The number of ether oxygens (including phenoxy) is 2. The lowest BCUT2D eigenvalue weighted by atomic mass is 9.94. The van der Waals surface area contributed by atoms with Crippen molar-refractivity contribution in [2.45, 2.75) is 38.5 Å². The lowest BCUT2D eigenvalue weighted by Crippen LogP contribution is -2.55. The molecule has 0 aromatic heterocycles. The van der Waals surface area contributed by atoms with Gasteiger partial charge in [-0.2, -0.15) is 0 Å². The van der Waals surface area contributed by atoms with E-state index < -0.39 is 0 Å². The highest BCUT2D eigenvalue weighted by Gasteiger charge is 2.32. The summed E-state index contributed by atoms with van der Waals surface area (Å²) in [7, 11) is 1.83. The Balaban J connectivity index is 1.88. The van der Waals surface area contributed by atoms with Crippen molar-refractivity contribution in [2.75, 3.05) is 39.9 Å². The maximum absolute atomic E-state index is 5.84. The second-order valence-corrected chi connectivity index (χ2v) is 5.39. The molecule has 2 saturated heterocycles. The minimum atomic E-state index is 0.328. The van der Waals surface area contributed by atoms with Gasteiger partial charge in [0.1, 0.15) is 0 Å². The predicted molar refractivity (Wildman–Crippen MR) is 68.2 cm³/mol. The van der Waals surface area contributed by atoms with E-state index in [2.05, 4.69) is 24.1 Å². The number of morpholine rings is 1. The topological polar surface area (TPSA) is 33.7 Å². The Bertz CT molecular complexity index is 231. The van der Waals surface area contributed by atoms with Crippen molar-refractivity contribution < 1.29 is 9.47 Å². The van der Waals surface area contributed by atoms with Crippen LogP contribution >= 0.6 is 0 Å². The lowest BCUT2D eigenvalue weighted by molar-refractivity contribution is -0.0651. The SMILES string of the molecule is COC1CN(C(C)C2CNCCO2)CCC1C. The fourth-order valence-corrected chi connectivity index (χ4v) is 2.87. The van der Waals surface area contributed by atoms with E-state index in [1.807, 2.05) is 7.11 Å². The molecular weight excluding hydrogens is 216 g/mol. The third kappa shape index (κ3) is 3.19. The van der Waals surface area contributed by atoms with E-state index in [0.717, 1.165) is 26.2 Å².